The van der Waals surface area contributed by atoms with E-state index >= 15 is 0 Å². The SMILES string of the molecule is CC1CN(BC(=O)NO)C[C@H](C)N1Cc1ccccc1. The van der Waals surface area contributed by atoms with Crippen molar-refractivity contribution in [3.63, 3.8) is 0 Å². The maximum absolute atomic E-state index is 11.2. The van der Waals surface area contributed by atoms with Gasteiger partial charge >= 0.3 is 7.41 Å². The Labute approximate surface area is 120 Å². The molecule has 2 N–H and O–H groups in total. The Hall–Kier alpha value is -1.37. The molecule has 1 amide bonds. The number of carbonyl (C=O) groups excluding carboxylic acids is 1. The lowest BCUT2D eigenvalue weighted by Crippen LogP contribution is -2.58. The molecule has 0 saturated carbocycles. The molecule has 1 unspecified atom stereocenters. The zero-order valence-corrected chi connectivity index (χ0v) is 12.1. The molecular weight excluding hydrogens is 253 g/mol. The first-order valence-electron chi connectivity index (χ1n) is 7.05. The Morgan fingerprint density at radius 3 is 2.45 bits per heavy atom. The summed E-state index contributed by atoms with van der Waals surface area (Å²) in [6.07, 6.45) is 0. The average molecular weight is 275 g/mol. The second-order valence-corrected chi connectivity index (χ2v) is 5.59. The molecule has 0 radical (unpaired) electrons. The minimum atomic E-state index is -0.346. The number of hydrogen-bond donors (Lipinski definition) is 2. The Bertz CT molecular complexity index is 431. The highest BCUT2D eigenvalue weighted by molar-refractivity contribution is 6.71. The molecule has 2 rings (SSSR count). The summed E-state index contributed by atoms with van der Waals surface area (Å²) in [6, 6.07) is 11.2. The Morgan fingerprint density at radius 2 is 1.90 bits per heavy atom. The van der Waals surface area contributed by atoms with Crippen LogP contribution in [0.4, 0.5) is 4.79 Å². The van der Waals surface area contributed by atoms with Gasteiger partial charge in [-0.2, -0.15) is 0 Å². The molecule has 0 aromatic heterocycles. The molecular formula is C14H22BN3O2. The molecule has 1 aromatic carbocycles. The Kier molecular flexibility index (Phi) is 5.17. The minimum Gasteiger partial charge on any atom is -0.334 e. The number of hydrogen-bond acceptors (Lipinski definition) is 4. The van der Waals surface area contributed by atoms with E-state index in [0.717, 1.165) is 19.6 Å². The van der Waals surface area contributed by atoms with Crippen molar-refractivity contribution in [2.75, 3.05) is 13.1 Å². The summed E-state index contributed by atoms with van der Waals surface area (Å²) in [6.45, 7) is 6.98. The molecule has 5 nitrogen and oxygen atoms in total. The van der Waals surface area contributed by atoms with Crippen molar-refractivity contribution in [2.45, 2.75) is 32.5 Å². The van der Waals surface area contributed by atoms with Crippen LogP contribution in [0, 0.1) is 0 Å². The van der Waals surface area contributed by atoms with Gasteiger partial charge in [-0.3, -0.25) is 14.9 Å². The van der Waals surface area contributed by atoms with Crippen molar-refractivity contribution in [2.24, 2.45) is 0 Å². The van der Waals surface area contributed by atoms with Crippen LogP contribution in [0.2, 0.25) is 0 Å². The largest absolute Gasteiger partial charge is 0.334 e. The average Bonchev–Trinajstić information content (AvgIpc) is 2.44. The maximum Gasteiger partial charge on any atom is 0.317 e. The molecule has 2 atom stereocenters. The van der Waals surface area contributed by atoms with E-state index < -0.39 is 0 Å². The van der Waals surface area contributed by atoms with Crippen LogP contribution in [-0.2, 0) is 6.54 Å². The van der Waals surface area contributed by atoms with Gasteiger partial charge in [0, 0.05) is 31.7 Å². The molecule has 1 aromatic rings. The number of carbonyl (C=O) groups is 1. The number of benzene rings is 1. The Morgan fingerprint density at radius 1 is 1.30 bits per heavy atom. The second kappa shape index (κ2) is 6.88. The number of nitrogens with zero attached hydrogens (tertiary/aromatic N) is 2. The van der Waals surface area contributed by atoms with Crippen molar-refractivity contribution < 1.29 is 10.0 Å². The molecule has 1 aliphatic heterocycles. The smallest absolute Gasteiger partial charge is 0.317 e. The molecule has 0 spiro atoms. The monoisotopic (exact) mass is 275 g/mol. The Balaban J connectivity index is 1.95. The third kappa shape index (κ3) is 3.82. The first kappa shape index (κ1) is 15.0. The van der Waals surface area contributed by atoms with Gasteiger partial charge in [0.05, 0.1) is 0 Å². The van der Waals surface area contributed by atoms with E-state index in [1.807, 2.05) is 6.07 Å². The fraction of sp³-hybridized carbons (Fsp3) is 0.500. The number of hydroxylamine groups is 1. The van der Waals surface area contributed by atoms with Crippen LogP contribution in [0.15, 0.2) is 30.3 Å². The van der Waals surface area contributed by atoms with Crippen LogP contribution in [0.5, 0.6) is 0 Å². The summed E-state index contributed by atoms with van der Waals surface area (Å²) < 4.78 is 0. The first-order valence-corrected chi connectivity index (χ1v) is 7.05. The second-order valence-electron chi connectivity index (χ2n) is 5.59. The van der Waals surface area contributed by atoms with E-state index in [4.69, 9.17) is 5.21 Å². The summed E-state index contributed by atoms with van der Waals surface area (Å²) >= 11 is 0. The molecule has 6 heteroatoms. The lowest BCUT2D eigenvalue weighted by Gasteiger charge is -2.44. The lowest BCUT2D eigenvalue weighted by molar-refractivity contribution is 0.0691. The van der Waals surface area contributed by atoms with Gasteiger partial charge in [-0.1, -0.05) is 30.3 Å². The lowest BCUT2D eigenvalue weighted by atomic mass is 9.87. The zero-order chi connectivity index (χ0) is 14.5. The predicted molar refractivity (Wildman–Crippen MR) is 79.9 cm³/mol. The van der Waals surface area contributed by atoms with Crippen LogP contribution in [0.1, 0.15) is 19.4 Å². The van der Waals surface area contributed by atoms with Gasteiger partial charge in [0.25, 0.3) is 0 Å². The molecule has 1 heterocycles. The standard InChI is InChI=1S/C14H22BN3O2/c1-11-8-17(15-14(19)16-20)9-12(2)18(11)10-13-6-4-3-5-7-13/h3-7,11-12,15,20H,8-10H2,1-2H3,(H,16,19)/t11-,12?/m0/s1. The van der Waals surface area contributed by atoms with Gasteiger partial charge in [0.1, 0.15) is 0 Å². The maximum atomic E-state index is 11.2. The van der Waals surface area contributed by atoms with Crippen molar-refractivity contribution in [3.8, 4) is 0 Å². The minimum absolute atomic E-state index is 0.254. The summed E-state index contributed by atoms with van der Waals surface area (Å²) in [5.41, 5.74) is 3.01. The summed E-state index contributed by atoms with van der Waals surface area (Å²) in [5.74, 6) is -0.346. The van der Waals surface area contributed by atoms with E-state index in [1.165, 1.54) is 5.56 Å². The highest BCUT2D eigenvalue weighted by Gasteiger charge is 2.30. The van der Waals surface area contributed by atoms with E-state index in [2.05, 4.69) is 47.8 Å². The van der Waals surface area contributed by atoms with Gasteiger partial charge in [-0.15, -0.1) is 0 Å². The van der Waals surface area contributed by atoms with Gasteiger partial charge in [0.2, 0.25) is 5.81 Å². The van der Waals surface area contributed by atoms with Crippen molar-refractivity contribution in [1.82, 2.24) is 15.2 Å². The molecule has 108 valence electrons. The van der Waals surface area contributed by atoms with Crippen LogP contribution in [-0.4, -0.2) is 53.3 Å². The first-order chi connectivity index (χ1) is 9.60. The summed E-state index contributed by atoms with van der Waals surface area (Å²) in [7, 11) is 0.254. The number of nitrogens with one attached hydrogen (secondary N) is 1. The fourth-order valence-corrected chi connectivity index (χ4v) is 2.94. The highest BCUT2D eigenvalue weighted by Crippen LogP contribution is 2.18. The van der Waals surface area contributed by atoms with Crippen LogP contribution in [0.3, 0.4) is 0 Å². The third-order valence-corrected chi connectivity index (χ3v) is 3.88. The number of amides is 1. The van der Waals surface area contributed by atoms with Gasteiger partial charge in [-0.05, 0) is 19.4 Å². The summed E-state index contributed by atoms with van der Waals surface area (Å²) in [4.78, 5) is 15.8. The van der Waals surface area contributed by atoms with Crippen molar-refractivity contribution in [1.29, 1.82) is 0 Å². The third-order valence-electron chi connectivity index (χ3n) is 3.88. The van der Waals surface area contributed by atoms with Crippen molar-refractivity contribution in [3.05, 3.63) is 35.9 Å². The molecule has 0 aliphatic carbocycles. The molecule has 20 heavy (non-hydrogen) atoms. The predicted octanol–water partition coefficient (Wildman–Crippen LogP) is 1.03. The zero-order valence-electron chi connectivity index (χ0n) is 12.1. The quantitative estimate of drug-likeness (QED) is 0.489. The van der Waals surface area contributed by atoms with Gasteiger partial charge < -0.3 is 4.81 Å². The number of piperazine rings is 1. The van der Waals surface area contributed by atoms with Crippen LogP contribution >= 0.6 is 0 Å². The van der Waals surface area contributed by atoms with Gasteiger partial charge in [-0.25, -0.2) is 5.48 Å². The van der Waals surface area contributed by atoms with E-state index in [9.17, 15) is 4.79 Å². The molecule has 0 bridgehead atoms. The number of rotatable bonds is 4. The van der Waals surface area contributed by atoms with Gasteiger partial charge in [0.15, 0.2) is 0 Å². The van der Waals surface area contributed by atoms with E-state index in [-0.39, 0.29) is 13.2 Å². The van der Waals surface area contributed by atoms with E-state index in [0.29, 0.717) is 12.1 Å². The van der Waals surface area contributed by atoms with Crippen molar-refractivity contribution >= 4 is 13.2 Å². The molecule has 1 fully saturated rings. The highest BCUT2D eigenvalue weighted by atomic mass is 16.5. The summed E-state index contributed by atoms with van der Waals surface area (Å²) in [5, 5.41) is 8.61. The molecule has 1 aliphatic rings. The van der Waals surface area contributed by atoms with Crippen LogP contribution in [0.25, 0.3) is 0 Å². The fourth-order valence-electron chi connectivity index (χ4n) is 2.94. The molecule has 1 saturated heterocycles. The van der Waals surface area contributed by atoms with E-state index in [1.54, 1.807) is 5.48 Å². The normalized spacial score (nSPS) is 24.4. The van der Waals surface area contributed by atoms with Crippen LogP contribution < -0.4 is 5.48 Å². The topological polar surface area (TPSA) is 55.8 Å².